The lowest BCUT2D eigenvalue weighted by Crippen LogP contribution is -2.12. The highest BCUT2D eigenvalue weighted by Crippen LogP contribution is 2.34. The van der Waals surface area contributed by atoms with Gasteiger partial charge in [0.05, 0.1) is 10.6 Å². The molecule has 0 radical (unpaired) electrons. The molecule has 1 aromatic carbocycles. The molecule has 6 nitrogen and oxygen atoms in total. The van der Waals surface area contributed by atoms with Crippen LogP contribution in [0, 0.1) is 20.8 Å². The first-order chi connectivity index (χ1) is 12.9. The van der Waals surface area contributed by atoms with Gasteiger partial charge in [0, 0.05) is 10.4 Å². The molecule has 8 heteroatoms. The number of thioether (sulfide) groups is 1. The van der Waals surface area contributed by atoms with Gasteiger partial charge in [-0.15, -0.1) is 21.5 Å². The predicted octanol–water partition coefficient (Wildman–Crippen LogP) is 4.81. The van der Waals surface area contributed by atoms with Gasteiger partial charge in [0.1, 0.15) is 10.7 Å². The maximum absolute atomic E-state index is 12.5. The standard InChI is InChI=1S/C19H18N4O2S2/c1-9-5-7-13(8-6-9)17-22-23-19(25-17)27-12(4)15-20-16(24)14-10(2)11(3)26-18(14)21-15/h5-8,12H,1-4H3,(H,20,21,24)/t12-/m0/s1. The third-order valence-electron chi connectivity index (χ3n) is 4.43. The second-order valence-electron chi connectivity index (χ2n) is 6.41. The molecule has 1 atom stereocenters. The summed E-state index contributed by atoms with van der Waals surface area (Å²) in [6.45, 7) is 7.94. The molecule has 0 unspecified atom stereocenters. The molecule has 0 spiro atoms. The van der Waals surface area contributed by atoms with Crippen molar-refractivity contribution in [3.63, 3.8) is 0 Å². The van der Waals surface area contributed by atoms with Gasteiger partial charge in [-0.1, -0.05) is 29.5 Å². The Morgan fingerprint density at radius 1 is 1.15 bits per heavy atom. The van der Waals surface area contributed by atoms with E-state index in [2.05, 4.69) is 20.2 Å². The lowest BCUT2D eigenvalue weighted by Gasteiger charge is -2.07. The molecule has 4 rings (SSSR count). The first-order valence-electron chi connectivity index (χ1n) is 8.49. The van der Waals surface area contributed by atoms with Crippen molar-refractivity contribution in [2.75, 3.05) is 0 Å². The zero-order chi connectivity index (χ0) is 19.1. The summed E-state index contributed by atoms with van der Waals surface area (Å²) in [5.41, 5.74) is 2.95. The molecule has 0 saturated heterocycles. The number of rotatable bonds is 4. The number of aromatic amines is 1. The summed E-state index contributed by atoms with van der Waals surface area (Å²) >= 11 is 2.92. The van der Waals surface area contributed by atoms with Gasteiger partial charge in [0.25, 0.3) is 10.8 Å². The van der Waals surface area contributed by atoms with Crippen LogP contribution in [0.2, 0.25) is 0 Å². The Labute approximate surface area is 164 Å². The highest BCUT2D eigenvalue weighted by atomic mass is 32.2. The highest BCUT2D eigenvalue weighted by Gasteiger charge is 2.19. The molecular formula is C19H18N4O2S2. The Morgan fingerprint density at radius 3 is 2.63 bits per heavy atom. The maximum atomic E-state index is 12.5. The zero-order valence-corrected chi connectivity index (χ0v) is 17.0. The van der Waals surface area contributed by atoms with Crippen LogP contribution in [0.3, 0.4) is 0 Å². The van der Waals surface area contributed by atoms with E-state index in [1.54, 1.807) is 11.3 Å². The Hall–Kier alpha value is -2.45. The Balaban J connectivity index is 1.59. The molecule has 0 aliphatic heterocycles. The summed E-state index contributed by atoms with van der Waals surface area (Å²) < 4.78 is 5.77. The van der Waals surface area contributed by atoms with E-state index in [0.29, 0.717) is 22.3 Å². The van der Waals surface area contributed by atoms with Gasteiger partial charge >= 0.3 is 0 Å². The molecular weight excluding hydrogens is 380 g/mol. The third kappa shape index (κ3) is 3.42. The average molecular weight is 399 g/mol. The lowest BCUT2D eigenvalue weighted by atomic mass is 10.1. The fourth-order valence-electron chi connectivity index (χ4n) is 2.74. The minimum atomic E-state index is -0.129. The smallest absolute Gasteiger partial charge is 0.277 e. The van der Waals surface area contributed by atoms with Gasteiger partial charge in [-0.2, -0.15) is 0 Å². The van der Waals surface area contributed by atoms with E-state index < -0.39 is 0 Å². The molecule has 27 heavy (non-hydrogen) atoms. The SMILES string of the molecule is Cc1ccc(-c2nnc(S[C@@H](C)c3nc4sc(C)c(C)c4c(=O)[nH]3)o2)cc1. The normalized spacial score (nSPS) is 12.6. The van der Waals surface area contributed by atoms with E-state index in [-0.39, 0.29) is 10.8 Å². The van der Waals surface area contributed by atoms with Crippen molar-refractivity contribution < 1.29 is 4.42 Å². The van der Waals surface area contributed by atoms with Crippen molar-refractivity contribution >= 4 is 33.3 Å². The predicted molar refractivity (Wildman–Crippen MR) is 108 cm³/mol. The Morgan fingerprint density at radius 2 is 1.89 bits per heavy atom. The number of nitrogens with zero attached hydrogens (tertiary/aromatic N) is 3. The first kappa shape index (κ1) is 17.9. The van der Waals surface area contributed by atoms with Crippen LogP contribution in [0.25, 0.3) is 21.7 Å². The largest absolute Gasteiger partial charge is 0.411 e. The number of aromatic nitrogens is 4. The quantitative estimate of drug-likeness (QED) is 0.497. The van der Waals surface area contributed by atoms with Crippen LogP contribution in [0.4, 0.5) is 0 Å². The van der Waals surface area contributed by atoms with Crippen LogP contribution in [0.1, 0.15) is 34.0 Å². The van der Waals surface area contributed by atoms with E-state index in [0.717, 1.165) is 20.8 Å². The number of fused-ring (bicyclic) bond motifs is 1. The number of hydrogen-bond donors (Lipinski definition) is 1. The second-order valence-corrected chi connectivity index (χ2v) is 8.91. The van der Waals surface area contributed by atoms with Crippen molar-refractivity contribution in [3.05, 3.63) is 56.4 Å². The molecule has 4 aromatic rings. The van der Waals surface area contributed by atoms with Crippen molar-refractivity contribution in [3.8, 4) is 11.5 Å². The second kappa shape index (κ2) is 6.94. The van der Waals surface area contributed by atoms with Crippen molar-refractivity contribution in [1.82, 2.24) is 20.2 Å². The van der Waals surface area contributed by atoms with Crippen LogP contribution < -0.4 is 5.56 Å². The van der Waals surface area contributed by atoms with Gasteiger partial charge in [-0.3, -0.25) is 4.79 Å². The summed E-state index contributed by atoms with van der Waals surface area (Å²) in [6.07, 6.45) is 0. The zero-order valence-electron chi connectivity index (χ0n) is 15.4. The lowest BCUT2D eigenvalue weighted by molar-refractivity contribution is 0.465. The first-order valence-corrected chi connectivity index (χ1v) is 10.2. The molecule has 0 saturated carbocycles. The molecule has 138 valence electrons. The van der Waals surface area contributed by atoms with Crippen molar-refractivity contribution in [2.24, 2.45) is 0 Å². The fraction of sp³-hybridized carbons (Fsp3) is 0.263. The molecule has 0 bridgehead atoms. The van der Waals surface area contributed by atoms with Crippen LogP contribution in [-0.2, 0) is 0 Å². The van der Waals surface area contributed by atoms with E-state index >= 15 is 0 Å². The number of aryl methyl sites for hydroxylation is 3. The minimum absolute atomic E-state index is 0.102. The highest BCUT2D eigenvalue weighted by molar-refractivity contribution is 7.99. The van der Waals surface area contributed by atoms with Gasteiger partial charge in [0.15, 0.2) is 0 Å². The summed E-state index contributed by atoms with van der Waals surface area (Å²) in [6, 6.07) is 7.91. The molecule has 3 heterocycles. The van der Waals surface area contributed by atoms with Gasteiger partial charge in [-0.05, 0) is 45.4 Å². The molecule has 0 fully saturated rings. The van der Waals surface area contributed by atoms with Gasteiger partial charge in [-0.25, -0.2) is 4.98 Å². The number of H-pyrrole nitrogens is 1. The van der Waals surface area contributed by atoms with Crippen molar-refractivity contribution in [1.29, 1.82) is 0 Å². The third-order valence-corrected chi connectivity index (χ3v) is 6.47. The number of nitrogens with one attached hydrogen (secondary N) is 1. The van der Waals surface area contributed by atoms with Gasteiger partial charge < -0.3 is 9.40 Å². The maximum Gasteiger partial charge on any atom is 0.277 e. The van der Waals surface area contributed by atoms with Crippen LogP contribution in [0.15, 0.2) is 38.7 Å². The van der Waals surface area contributed by atoms with E-state index in [9.17, 15) is 4.79 Å². The minimum Gasteiger partial charge on any atom is -0.411 e. The van der Waals surface area contributed by atoms with Crippen LogP contribution >= 0.6 is 23.1 Å². The van der Waals surface area contributed by atoms with E-state index in [1.165, 1.54) is 17.3 Å². The molecule has 3 aromatic heterocycles. The molecule has 0 aliphatic rings. The summed E-state index contributed by atoms with van der Waals surface area (Å²) in [5, 5.41) is 9.22. The molecule has 0 aliphatic carbocycles. The Kier molecular flexibility index (Phi) is 4.61. The monoisotopic (exact) mass is 398 g/mol. The molecule has 0 amide bonds. The Bertz CT molecular complexity index is 1170. The average Bonchev–Trinajstić information content (AvgIpc) is 3.20. The van der Waals surface area contributed by atoms with E-state index in [4.69, 9.17) is 4.42 Å². The summed E-state index contributed by atoms with van der Waals surface area (Å²) in [5.74, 6) is 1.08. The molecule has 1 N–H and O–H groups in total. The van der Waals surface area contributed by atoms with Gasteiger partial charge in [0.2, 0.25) is 5.89 Å². The van der Waals surface area contributed by atoms with E-state index in [1.807, 2.05) is 52.0 Å². The van der Waals surface area contributed by atoms with Crippen molar-refractivity contribution in [2.45, 2.75) is 38.2 Å². The fourth-order valence-corrected chi connectivity index (χ4v) is 4.52. The van der Waals surface area contributed by atoms with Crippen LogP contribution in [0.5, 0.6) is 0 Å². The number of benzene rings is 1. The number of thiophene rings is 1. The summed E-state index contributed by atoms with van der Waals surface area (Å²) in [7, 11) is 0. The number of hydrogen-bond acceptors (Lipinski definition) is 7. The van der Waals surface area contributed by atoms with Crippen LogP contribution in [-0.4, -0.2) is 20.2 Å². The summed E-state index contributed by atoms with van der Waals surface area (Å²) in [4.78, 5) is 21.9. The topological polar surface area (TPSA) is 84.7 Å².